The van der Waals surface area contributed by atoms with Crippen LogP contribution in [0.4, 0.5) is 11.5 Å². The van der Waals surface area contributed by atoms with E-state index in [0.29, 0.717) is 17.0 Å². The highest BCUT2D eigenvalue weighted by Gasteiger charge is 2.17. The van der Waals surface area contributed by atoms with Gasteiger partial charge in [-0.1, -0.05) is 5.16 Å². The quantitative estimate of drug-likeness (QED) is 0.838. The first-order chi connectivity index (χ1) is 11.4. The summed E-state index contributed by atoms with van der Waals surface area (Å²) < 4.78 is 9.48. The van der Waals surface area contributed by atoms with Crippen LogP contribution in [0, 0.1) is 6.92 Å². The monoisotopic (exact) mass is 331 g/mol. The Balaban J connectivity index is 2.10. The Hall–Kier alpha value is -3.16. The van der Waals surface area contributed by atoms with Gasteiger partial charge in [-0.25, -0.2) is 4.79 Å². The number of hydrogen-bond acceptors (Lipinski definition) is 6. The summed E-state index contributed by atoms with van der Waals surface area (Å²) in [6.07, 6.45) is 0. The molecule has 0 aliphatic rings. The van der Waals surface area contributed by atoms with Crippen molar-refractivity contribution in [2.24, 2.45) is 0 Å². The van der Waals surface area contributed by atoms with Crippen molar-refractivity contribution in [1.82, 2.24) is 5.16 Å². The van der Waals surface area contributed by atoms with Gasteiger partial charge in [0, 0.05) is 18.7 Å². The van der Waals surface area contributed by atoms with E-state index in [2.05, 4.69) is 15.2 Å². The zero-order valence-electron chi connectivity index (χ0n) is 13.5. The standard InChI is InChI=1S/C16H17N3O5/c1-10-8-14(18-24-10)17-15(21)9-19(11(2)20)13-6-4-12(5-7-13)16(22)23-3/h4-8H,9H2,1-3H3,(H,17,18,21). The van der Waals surface area contributed by atoms with E-state index in [-0.39, 0.29) is 18.3 Å². The van der Waals surface area contributed by atoms with Gasteiger partial charge in [0.05, 0.1) is 12.7 Å². The molecule has 0 aliphatic heterocycles. The average molecular weight is 331 g/mol. The highest BCUT2D eigenvalue weighted by Crippen LogP contribution is 2.16. The first-order valence-electron chi connectivity index (χ1n) is 7.10. The van der Waals surface area contributed by atoms with Crippen molar-refractivity contribution >= 4 is 29.3 Å². The number of ether oxygens (including phenoxy) is 1. The number of methoxy groups -OCH3 is 1. The van der Waals surface area contributed by atoms with E-state index in [1.807, 2.05) is 0 Å². The summed E-state index contributed by atoms with van der Waals surface area (Å²) in [5.74, 6) is -0.368. The summed E-state index contributed by atoms with van der Waals surface area (Å²) in [5.41, 5.74) is 0.842. The van der Waals surface area contributed by atoms with Crippen molar-refractivity contribution in [3.63, 3.8) is 0 Å². The van der Waals surface area contributed by atoms with E-state index < -0.39 is 11.9 Å². The Kier molecular flexibility index (Phi) is 5.31. The van der Waals surface area contributed by atoms with Crippen molar-refractivity contribution in [2.75, 3.05) is 23.9 Å². The summed E-state index contributed by atoms with van der Waals surface area (Å²) in [7, 11) is 1.29. The number of hydrogen-bond donors (Lipinski definition) is 1. The normalized spacial score (nSPS) is 10.1. The Morgan fingerprint density at radius 3 is 2.42 bits per heavy atom. The smallest absolute Gasteiger partial charge is 0.337 e. The van der Waals surface area contributed by atoms with Crippen LogP contribution in [-0.4, -0.2) is 36.6 Å². The Bertz CT molecular complexity index is 751. The molecule has 1 N–H and O–H groups in total. The van der Waals surface area contributed by atoms with Crippen LogP contribution in [0.5, 0.6) is 0 Å². The Labute approximate surface area is 138 Å². The lowest BCUT2D eigenvalue weighted by Gasteiger charge is -2.20. The number of esters is 1. The highest BCUT2D eigenvalue weighted by atomic mass is 16.5. The summed E-state index contributed by atoms with van der Waals surface area (Å²) >= 11 is 0. The molecule has 2 aromatic rings. The summed E-state index contributed by atoms with van der Waals surface area (Å²) in [5, 5.41) is 6.20. The average Bonchev–Trinajstić information content (AvgIpc) is 2.96. The minimum absolute atomic E-state index is 0.196. The van der Waals surface area contributed by atoms with Crippen LogP contribution in [0.1, 0.15) is 23.0 Å². The maximum Gasteiger partial charge on any atom is 0.337 e. The lowest BCUT2D eigenvalue weighted by atomic mass is 10.2. The number of aromatic nitrogens is 1. The van der Waals surface area contributed by atoms with Gasteiger partial charge >= 0.3 is 5.97 Å². The van der Waals surface area contributed by atoms with E-state index in [1.165, 1.54) is 31.1 Å². The van der Waals surface area contributed by atoms with Gasteiger partial charge in [-0.05, 0) is 31.2 Å². The summed E-state index contributed by atoms with van der Waals surface area (Å²) in [6, 6.07) is 7.76. The second kappa shape index (κ2) is 7.40. The van der Waals surface area contributed by atoms with Gasteiger partial charge in [-0.15, -0.1) is 0 Å². The van der Waals surface area contributed by atoms with Crippen LogP contribution in [-0.2, 0) is 14.3 Å². The molecule has 0 atom stereocenters. The zero-order chi connectivity index (χ0) is 17.7. The number of carbonyl (C=O) groups excluding carboxylic acids is 3. The predicted molar refractivity (Wildman–Crippen MR) is 85.7 cm³/mol. The van der Waals surface area contributed by atoms with Gasteiger partial charge in [0.15, 0.2) is 5.82 Å². The topological polar surface area (TPSA) is 102 Å². The van der Waals surface area contributed by atoms with Crippen molar-refractivity contribution < 1.29 is 23.6 Å². The lowest BCUT2D eigenvalue weighted by molar-refractivity contribution is -0.120. The molecule has 0 radical (unpaired) electrons. The molecular formula is C16H17N3O5. The van der Waals surface area contributed by atoms with Crippen molar-refractivity contribution in [3.8, 4) is 0 Å². The van der Waals surface area contributed by atoms with Gasteiger partial charge in [0.25, 0.3) is 0 Å². The Morgan fingerprint density at radius 1 is 1.25 bits per heavy atom. The fourth-order valence-electron chi connectivity index (χ4n) is 2.03. The Morgan fingerprint density at radius 2 is 1.92 bits per heavy atom. The summed E-state index contributed by atoms with van der Waals surface area (Å²) in [6.45, 7) is 2.86. The number of nitrogens with one attached hydrogen (secondary N) is 1. The van der Waals surface area contributed by atoms with Crippen molar-refractivity contribution in [1.29, 1.82) is 0 Å². The number of nitrogens with zero attached hydrogens (tertiary/aromatic N) is 2. The third-order valence-corrected chi connectivity index (χ3v) is 3.18. The number of rotatable bonds is 5. The molecule has 24 heavy (non-hydrogen) atoms. The first kappa shape index (κ1) is 17.2. The van der Waals surface area contributed by atoms with E-state index in [0.717, 1.165) is 0 Å². The molecule has 1 heterocycles. The molecule has 0 bridgehead atoms. The first-order valence-corrected chi connectivity index (χ1v) is 7.10. The van der Waals surface area contributed by atoms with Gasteiger partial charge in [-0.3, -0.25) is 9.59 Å². The van der Waals surface area contributed by atoms with Gasteiger partial charge in [0.2, 0.25) is 11.8 Å². The van der Waals surface area contributed by atoms with Crippen LogP contribution < -0.4 is 10.2 Å². The molecule has 2 amide bonds. The van der Waals surface area contributed by atoms with Gasteiger partial charge in [-0.2, -0.15) is 0 Å². The van der Waals surface area contributed by atoms with E-state index >= 15 is 0 Å². The summed E-state index contributed by atoms with van der Waals surface area (Å²) in [4.78, 5) is 36.6. The third-order valence-electron chi connectivity index (χ3n) is 3.18. The molecule has 0 fully saturated rings. The molecule has 126 valence electrons. The van der Waals surface area contributed by atoms with E-state index in [4.69, 9.17) is 4.52 Å². The maximum absolute atomic E-state index is 12.1. The second-order valence-electron chi connectivity index (χ2n) is 5.01. The van der Waals surface area contributed by atoms with Crippen LogP contribution in [0.25, 0.3) is 0 Å². The number of anilines is 2. The number of carbonyl (C=O) groups is 3. The minimum Gasteiger partial charge on any atom is -0.465 e. The number of aryl methyl sites for hydroxylation is 1. The molecular weight excluding hydrogens is 314 g/mol. The van der Waals surface area contributed by atoms with Gasteiger partial charge in [0.1, 0.15) is 12.3 Å². The molecule has 0 saturated carbocycles. The zero-order valence-corrected chi connectivity index (χ0v) is 13.5. The van der Waals surface area contributed by atoms with Crippen LogP contribution in [0.3, 0.4) is 0 Å². The van der Waals surface area contributed by atoms with Gasteiger partial charge < -0.3 is 19.5 Å². The van der Waals surface area contributed by atoms with E-state index in [1.54, 1.807) is 25.1 Å². The molecule has 0 spiro atoms. The molecule has 8 nitrogen and oxygen atoms in total. The van der Waals surface area contributed by atoms with Crippen molar-refractivity contribution in [2.45, 2.75) is 13.8 Å². The largest absolute Gasteiger partial charge is 0.465 e. The van der Waals surface area contributed by atoms with Crippen LogP contribution >= 0.6 is 0 Å². The maximum atomic E-state index is 12.1. The fourth-order valence-corrected chi connectivity index (χ4v) is 2.03. The van der Waals surface area contributed by atoms with Crippen LogP contribution in [0.15, 0.2) is 34.9 Å². The predicted octanol–water partition coefficient (Wildman–Crippen LogP) is 1.76. The third kappa shape index (κ3) is 4.19. The van der Waals surface area contributed by atoms with E-state index in [9.17, 15) is 14.4 Å². The molecule has 2 rings (SSSR count). The molecule has 1 aromatic heterocycles. The lowest BCUT2D eigenvalue weighted by Crippen LogP contribution is -2.36. The minimum atomic E-state index is -0.477. The SMILES string of the molecule is COC(=O)c1ccc(N(CC(=O)Nc2cc(C)on2)C(C)=O)cc1. The molecule has 8 heteroatoms. The highest BCUT2D eigenvalue weighted by molar-refractivity contribution is 6.01. The fraction of sp³-hybridized carbons (Fsp3) is 0.250. The number of amides is 2. The van der Waals surface area contributed by atoms with Crippen LogP contribution in [0.2, 0.25) is 0 Å². The molecule has 0 aliphatic carbocycles. The molecule has 1 aromatic carbocycles. The number of benzene rings is 1. The molecule has 0 saturated heterocycles. The van der Waals surface area contributed by atoms with Crippen molar-refractivity contribution in [3.05, 3.63) is 41.7 Å². The second-order valence-corrected chi connectivity index (χ2v) is 5.01. The molecule has 0 unspecified atom stereocenters.